The van der Waals surface area contributed by atoms with E-state index >= 15 is 0 Å². The molecular weight excluding hydrogens is 329 g/mol. The Morgan fingerprint density at radius 1 is 1.21 bits per heavy atom. The second kappa shape index (κ2) is 6.84. The van der Waals surface area contributed by atoms with Crippen molar-refractivity contribution in [1.29, 1.82) is 0 Å². The van der Waals surface area contributed by atoms with Crippen LogP contribution in [0.5, 0.6) is 0 Å². The molecular formula is C18H15ClFN3O. The van der Waals surface area contributed by atoms with Gasteiger partial charge in [-0.05, 0) is 42.8 Å². The van der Waals surface area contributed by atoms with Gasteiger partial charge in [-0.1, -0.05) is 29.8 Å². The molecule has 0 aliphatic rings. The number of halogens is 2. The third kappa shape index (κ3) is 3.81. The molecule has 0 saturated heterocycles. The number of benzene rings is 2. The van der Waals surface area contributed by atoms with Gasteiger partial charge in [-0.3, -0.25) is 9.48 Å². The highest BCUT2D eigenvalue weighted by molar-refractivity contribution is 6.31. The van der Waals surface area contributed by atoms with Crippen molar-refractivity contribution < 1.29 is 9.18 Å². The van der Waals surface area contributed by atoms with Gasteiger partial charge in [0.1, 0.15) is 5.82 Å². The number of amides is 1. The number of aromatic nitrogens is 2. The topological polar surface area (TPSA) is 46.9 Å². The zero-order valence-electron chi connectivity index (χ0n) is 13.0. The molecule has 1 aromatic heterocycles. The van der Waals surface area contributed by atoms with E-state index in [1.165, 1.54) is 12.1 Å². The minimum Gasteiger partial charge on any atom is -0.305 e. The summed E-state index contributed by atoms with van der Waals surface area (Å²) in [6, 6.07) is 14.7. The lowest BCUT2D eigenvalue weighted by Crippen LogP contribution is -2.12. The van der Waals surface area contributed by atoms with E-state index in [-0.39, 0.29) is 11.7 Å². The second-order valence-electron chi connectivity index (χ2n) is 5.42. The van der Waals surface area contributed by atoms with Crippen LogP contribution in [-0.2, 0) is 6.54 Å². The summed E-state index contributed by atoms with van der Waals surface area (Å²) in [5.41, 5.74) is 2.28. The van der Waals surface area contributed by atoms with Crippen LogP contribution >= 0.6 is 11.6 Å². The number of anilines is 1. The van der Waals surface area contributed by atoms with Gasteiger partial charge in [-0.2, -0.15) is 5.10 Å². The maximum atomic E-state index is 13.0. The first-order valence-corrected chi connectivity index (χ1v) is 7.75. The summed E-state index contributed by atoms with van der Waals surface area (Å²) in [4.78, 5) is 12.2. The van der Waals surface area contributed by atoms with Crippen molar-refractivity contribution in [1.82, 2.24) is 9.78 Å². The van der Waals surface area contributed by atoms with Crippen LogP contribution < -0.4 is 5.32 Å². The highest BCUT2D eigenvalue weighted by Crippen LogP contribution is 2.15. The predicted octanol–water partition coefficient (Wildman–Crippen LogP) is 4.28. The zero-order valence-corrected chi connectivity index (χ0v) is 13.7. The molecule has 0 aliphatic carbocycles. The zero-order chi connectivity index (χ0) is 17.1. The summed E-state index contributed by atoms with van der Waals surface area (Å²) < 4.78 is 14.7. The van der Waals surface area contributed by atoms with Crippen LogP contribution in [0.4, 0.5) is 10.2 Å². The van der Waals surface area contributed by atoms with Crippen molar-refractivity contribution >= 4 is 23.3 Å². The third-order valence-corrected chi connectivity index (χ3v) is 3.79. The van der Waals surface area contributed by atoms with Gasteiger partial charge in [-0.15, -0.1) is 0 Å². The van der Waals surface area contributed by atoms with Gasteiger partial charge in [0.05, 0.1) is 6.54 Å². The van der Waals surface area contributed by atoms with Gasteiger partial charge >= 0.3 is 0 Å². The molecule has 122 valence electrons. The molecule has 0 radical (unpaired) electrons. The molecule has 24 heavy (non-hydrogen) atoms. The molecule has 0 saturated carbocycles. The van der Waals surface area contributed by atoms with Gasteiger partial charge in [0.15, 0.2) is 5.82 Å². The van der Waals surface area contributed by atoms with E-state index in [4.69, 9.17) is 11.6 Å². The number of hydrogen-bond acceptors (Lipinski definition) is 2. The summed E-state index contributed by atoms with van der Waals surface area (Å²) >= 11 is 5.90. The Kier molecular flexibility index (Phi) is 4.62. The van der Waals surface area contributed by atoms with E-state index in [1.807, 2.05) is 6.92 Å². The highest BCUT2D eigenvalue weighted by Gasteiger charge is 2.10. The molecule has 4 nitrogen and oxygen atoms in total. The average molecular weight is 344 g/mol. The van der Waals surface area contributed by atoms with Crippen LogP contribution in [0.3, 0.4) is 0 Å². The number of nitrogens with zero attached hydrogens (tertiary/aromatic N) is 2. The fourth-order valence-electron chi connectivity index (χ4n) is 2.31. The molecule has 1 N–H and O–H groups in total. The Morgan fingerprint density at radius 2 is 1.96 bits per heavy atom. The van der Waals surface area contributed by atoms with Gasteiger partial charge in [0.2, 0.25) is 0 Å². The Labute approximate surface area is 143 Å². The lowest BCUT2D eigenvalue weighted by atomic mass is 10.2. The fraction of sp³-hybridized carbons (Fsp3) is 0.111. The molecule has 0 spiro atoms. The smallest absolute Gasteiger partial charge is 0.256 e. The molecule has 0 atom stereocenters. The Hall–Kier alpha value is -2.66. The predicted molar refractivity (Wildman–Crippen MR) is 91.9 cm³/mol. The lowest BCUT2D eigenvalue weighted by molar-refractivity contribution is 0.102. The third-order valence-electron chi connectivity index (χ3n) is 3.56. The molecule has 2 aromatic carbocycles. The Balaban J connectivity index is 1.74. The van der Waals surface area contributed by atoms with Crippen LogP contribution in [0.15, 0.2) is 54.6 Å². The van der Waals surface area contributed by atoms with Crippen molar-refractivity contribution in [3.8, 4) is 0 Å². The maximum absolute atomic E-state index is 13.0. The second-order valence-corrected chi connectivity index (χ2v) is 5.86. The molecule has 6 heteroatoms. The minimum absolute atomic E-state index is 0.273. The van der Waals surface area contributed by atoms with Crippen molar-refractivity contribution in [2.24, 2.45) is 0 Å². The fourth-order valence-corrected chi connectivity index (χ4v) is 2.50. The summed E-state index contributed by atoms with van der Waals surface area (Å²) in [7, 11) is 0. The van der Waals surface area contributed by atoms with E-state index < -0.39 is 0 Å². The van der Waals surface area contributed by atoms with Crippen LogP contribution in [-0.4, -0.2) is 15.7 Å². The summed E-state index contributed by atoms with van der Waals surface area (Å²) in [6.45, 7) is 2.39. The summed E-state index contributed by atoms with van der Waals surface area (Å²) in [5.74, 6) is -0.0890. The quantitative estimate of drug-likeness (QED) is 0.768. The summed E-state index contributed by atoms with van der Waals surface area (Å²) in [6.07, 6.45) is 0. The minimum atomic E-state index is -0.274. The number of hydrogen-bond donors (Lipinski definition) is 1. The number of nitrogens with one attached hydrogen (secondary N) is 1. The first-order chi connectivity index (χ1) is 11.5. The van der Waals surface area contributed by atoms with E-state index in [1.54, 1.807) is 47.1 Å². The van der Waals surface area contributed by atoms with Crippen molar-refractivity contribution in [2.45, 2.75) is 13.5 Å². The molecule has 3 aromatic rings. The van der Waals surface area contributed by atoms with Gasteiger partial charge in [0, 0.05) is 22.3 Å². The first-order valence-electron chi connectivity index (χ1n) is 7.37. The van der Waals surface area contributed by atoms with Crippen LogP contribution in [0, 0.1) is 12.7 Å². The van der Waals surface area contributed by atoms with E-state index in [0.29, 0.717) is 22.9 Å². The standard InChI is InChI=1S/C18H15ClFN3O/c1-12-9-17(21-18(24)14-3-2-4-15(19)10-14)22-23(12)11-13-5-7-16(20)8-6-13/h2-10H,11H2,1H3,(H,21,22,24). The van der Waals surface area contributed by atoms with Gasteiger partial charge < -0.3 is 5.32 Å². The van der Waals surface area contributed by atoms with Crippen molar-refractivity contribution in [3.63, 3.8) is 0 Å². The largest absolute Gasteiger partial charge is 0.305 e. The molecule has 0 unspecified atom stereocenters. The molecule has 1 amide bonds. The van der Waals surface area contributed by atoms with Crippen molar-refractivity contribution in [2.75, 3.05) is 5.32 Å². The Morgan fingerprint density at radius 3 is 2.67 bits per heavy atom. The molecule has 3 rings (SSSR count). The monoisotopic (exact) mass is 343 g/mol. The number of aryl methyl sites for hydroxylation is 1. The lowest BCUT2D eigenvalue weighted by Gasteiger charge is -2.05. The number of carbonyl (C=O) groups excluding carboxylic acids is 1. The van der Waals surface area contributed by atoms with E-state index in [0.717, 1.165) is 11.3 Å². The number of rotatable bonds is 4. The molecule has 0 aliphatic heterocycles. The van der Waals surface area contributed by atoms with E-state index in [2.05, 4.69) is 10.4 Å². The first kappa shape index (κ1) is 16.2. The van der Waals surface area contributed by atoms with Crippen molar-refractivity contribution in [3.05, 3.63) is 82.3 Å². The molecule has 1 heterocycles. The van der Waals surface area contributed by atoms with Crippen LogP contribution in [0.2, 0.25) is 5.02 Å². The van der Waals surface area contributed by atoms with Crippen LogP contribution in [0.25, 0.3) is 0 Å². The average Bonchev–Trinajstić information content (AvgIpc) is 2.89. The Bertz CT molecular complexity index is 874. The SMILES string of the molecule is Cc1cc(NC(=O)c2cccc(Cl)c2)nn1Cc1ccc(F)cc1. The van der Waals surface area contributed by atoms with Gasteiger partial charge in [0.25, 0.3) is 5.91 Å². The van der Waals surface area contributed by atoms with Gasteiger partial charge in [-0.25, -0.2) is 4.39 Å². The molecule has 0 fully saturated rings. The molecule has 0 bridgehead atoms. The highest BCUT2D eigenvalue weighted by atomic mass is 35.5. The summed E-state index contributed by atoms with van der Waals surface area (Å²) in [5, 5.41) is 7.63. The maximum Gasteiger partial charge on any atom is 0.256 e. The van der Waals surface area contributed by atoms with E-state index in [9.17, 15) is 9.18 Å². The number of carbonyl (C=O) groups is 1. The van der Waals surface area contributed by atoms with Crippen LogP contribution in [0.1, 0.15) is 21.6 Å². The normalized spacial score (nSPS) is 10.6.